The molecule has 0 atom stereocenters. The number of nitrogens with zero attached hydrogens (tertiary/aromatic N) is 1. The number of benzene rings is 3. The molecule has 1 amide bonds. The first kappa shape index (κ1) is 23.8. The average molecular weight is 481 g/mol. The summed E-state index contributed by atoms with van der Waals surface area (Å²) in [5, 5.41) is 2.87. The van der Waals surface area contributed by atoms with Crippen molar-refractivity contribution in [1.29, 1.82) is 0 Å². The molecule has 7 nitrogen and oxygen atoms in total. The molecule has 3 aromatic carbocycles. The lowest BCUT2D eigenvalue weighted by Crippen LogP contribution is -2.35. The van der Waals surface area contributed by atoms with Crippen molar-refractivity contribution >= 4 is 21.6 Å². The number of rotatable bonds is 7. The molecule has 1 fully saturated rings. The molecule has 1 heterocycles. The lowest BCUT2D eigenvalue weighted by molar-refractivity contribution is 0.102. The third-order valence-electron chi connectivity index (χ3n) is 5.91. The molecule has 1 N–H and O–H groups in total. The van der Waals surface area contributed by atoms with E-state index in [0.29, 0.717) is 40.7 Å². The molecule has 3 aromatic rings. The van der Waals surface area contributed by atoms with Crippen LogP contribution in [0.3, 0.4) is 0 Å². The second-order valence-corrected chi connectivity index (χ2v) is 10.0. The van der Waals surface area contributed by atoms with Crippen molar-refractivity contribution in [2.24, 2.45) is 0 Å². The van der Waals surface area contributed by atoms with Gasteiger partial charge in [-0.15, -0.1) is 0 Å². The Morgan fingerprint density at radius 1 is 0.824 bits per heavy atom. The minimum atomic E-state index is -3.48. The molecule has 4 rings (SSSR count). The monoisotopic (exact) mass is 480 g/mol. The minimum Gasteiger partial charge on any atom is -0.493 e. The number of piperidine rings is 1. The number of nitrogens with one attached hydrogen (secondary N) is 1. The van der Waals surface area contributed by atoms with Gasteiger partial charge in [-0.25, -0.2) is 8.42 Å². The van der Waals surface area contributed by atoms with Crippen molar-refractivity contribution in [2.45, 2.75) is 24.2 Å². The summed E-state index contributed by atoms with van der Waals surface area (Å²) in [5.41, 5.74) is 2.72. The molecule has 0 aliphatic carbocycles. The van der Waals surface area contributed by atoms with E-state index in [2.05, 4.69) is 5.32 Å². The summed E-state index contributed by atoms with van der Waals surface area (Å²) in [7, 11) is -0.388. The van der Waals surface area contributed by atoms with E-state index in [1.807, 2.05) is 6.07 Å². The lowest BCUT2D eigenvalue weighted by atomic mass is 10.0. The van der Waals surface area contributed by atoms with Crippen LogP contribution in [0.2, 0.25) is 0 Å². The standard InChI is InChI=1S/C26H28N2O5S/c1-32-24-14-11-22(18-25(24)33-2)27-26(29)21-8-6-7-20(17-21)19-9-12-23(13-10-19)34(30,31)28-15-4-3-5-16-28/h6-14,17-18H,3-5,15-16H2,1-2H3,(H,27,29). The zero-order chi connectivity index (χ0) is 24.1. The summed E-state index contributed by atoms with van der Waals surface area (Å²) >= 11 is 0. The highest BCUT2D eigenvalue weighted by Gasteiger charge is 2.25. The second kappa shape index (κ2) is 10.3. The van der Waals surface area contributed by atoms with Crippen LogP contribution in [-0.4, -0.2) is 45.9 Å². The lowest BCUT2D eigenvalue weighted by Gasteiger charge is -2.25. The quantitative estimate of drug-likeness (QED) is 0.525. The molecule has 0 bridgehead atoms. The molecule has 0 radical (unpaired) electrons. The van der Waals surface area contributed by atoms with Crippen LogP contribution in [0.1, 0.15) is 29.6 Å². The summed E-state index contributed by atoms with van der Waals surface area (Å²) in [4.78, 5) is 13.1. The van der Waals surface area contributed by atoms with E-state index in [-0.39, 0.29) is 5.91 Å². The topological polar surface area (TPSA) is 84.9 Å². The van der Waals surface area contributed by atoms with Gasteiger partial charge in [-0.3, -0.25) is 4.79 Å². The van der Waals surface area contributed by atoms with Gasteiger partial charge >= 0.3 is 0 Å². The van der Waals surface area contributed by atoms with Crippen LogP contribution in [0.4, 0.5) is 5.69 Å². The van der Waals surface area contributed by atoms with Gasteiger partial charge in [0, 0.05) is 30.4 Å². The number of amides is 1. The van der Waals surface area contributed by atoms with Crippen LogP contribution in [-0.2, 0) is 10.0 Å². The zero-order valence-corrected chi connectivity index (χ0v) is 20.1. The van der Waals surface area contributed by atoms with E-state index in [1.54, 1.807) is 72.1 Å². The smallest absolute Gasteiger partial charge is 0.255 e. The molecule has 8 heteroatoms. The van der Waals surface area contributed by atoms with E-state index < -0.39 is 10.0 Å². The van der Waals surface area contributed by atoms with E-state index in [0.717, 1.165) is 30.4 Å². The van der Waals surface area contributed by atoms with E-state index in [4.69, 9.17) is 9.47 Å². The van der Waals surface area contributed by atoms with Crippen molar-refractivity contribution in [1.82, 2.24) is 4.31 Å². The fourth-order valence-corrected chi connectivity index (χ4v) is 5.55. The van der Waals surface area contributed by atoms with Crippen LogP contribution in [0.15, 0.2) is 71.6 Å². The third kappa shape index (κ3) is 5.08. The molecule has 1 aliphatic rings. The normalized spacial score (nSPS) is 14.4. The Kier molecular flexibility index (Phi) is 7.19. The molecule has 0 aromatic heterocycles. The van der Waals surface area contributed by atoms with Gasteiger partial charge in [0.25, 0.3) is 5.91 Å². The van der Waals surface area contributed by atoms with Crippen LogP contribution < -0.4 is 14.8 Å². The maximum Gasteiger partial charge on any atom is 0.255 e. The Balaban J connectivity index is 1.51. The Labute approximate surface area is 200 Å². The van der Waals surface area contributed by atoms with Crippen molar-refractivity contribution in [3.63, 3.8) is 0 Å². The van der Waals surface area contributed by atoms with Crippen LogP contribution in [0.5, 0.6) is 11.5 Å². The second-order valence-electron chi connectivity index (χ2n) is 8.09. The number of sulfonamides is 1. The molecular formula is C26H28N2O5S. The van der Waals surface area contributed by atoms with Gasteiger partial charge in [-0.2, -0.15) is 4.31 Å². The maximum atomic E-state index is 12.9. The van der Waals surface area contributed by atoms with Gasteiger partial charge in [0.15, 0.2) is 11.5 Å². The first-order valence-corrected chi connectivity index (χ1v) is 12.6. The molecular weight excluding hydrogens is 452 g/mol. The van der Waals surface area contributed by atoms with Crippen LogP contribution in [0, 0.1) is 0 Å². The molecule has 0 unspecified atom stereocenters. The molecule has 1 aliphatic heterocycles. The summed E-state index contributed by atoms with van der Waals surface area (Å²) in [6, 6.07) is 19.2. The summed E-state index contributed by atoms with van der Waals surface area (Å²) in [5.74, 6) is 0.834. The SMILES string of the molecule is COc1ccc(NC(=O)c2cccc(-c3ccc(S(=O)(=O)N4CCCCC4)cc3)c2)cc1OC. The predicted molar refractivity (Wildman–Crippen MR) is 132 cm³/mol. The van der Waals surface area contributed by atoms with Crippen molar-refractivity contribution in [3.05, 3.63) is 72.3 Å². The zero-order valence-electron chi connectivity index (χ0n) is 19.3. The van der Waals surface area contributed by atoms with E-state index in [9.17, 15) is 13.2 Å². The van der Waals surface area contributed by atoms with Crippen molar-refractivity contribution < 1.29 is 22.7 Å². The van der Waals surface area contributed by atoms with Gasteiger partial charge < -0.3 is 14.8 Å². The van der Waals surface area contributed by atoms with Gasteiger partial charge in [-0.05, 0) is 60.4 Å². The highest BCUT2D eigenvalue weighted by molar-refractivity contribution is 7.89. The van der Waals surface area contributed by atoms with Crippen molar-refractivity contribution in [2.75, 3.05) is 32.6 Å². The van der Waals surface area contributed by atoms with Gasteiger partial charge in [0.2, 0.25) is 10.0 Å². The molecule has 0 saturated carbocycles. The largest absolute Gasteiger partial charge is 0.493 e. The predicted octanol–water partition coefficient (Wildman–Crippen LogP) is 4.80. The van der Waals surface area contributed by atoms with Gasteiger partial charge in [0.05, 0.1) is 19.1 Å². The summed E-state index contributed by atoms with van der Waals surface area (Å²) < 4.78 is 37.9. The number of carbonyl (C=O) groups is 1. The number of hydrogen-bond donors (Lipinski definition) is 1. The van der Waals surface area contributed by atoms with Gasteiger partial charge in [0.1, 0.15) is 0 Å². The summed E-state index contributed by atoms with van der Waals surface area (Å²) in [6.45, 7) is 1.14. The fourth-order valence-electron chi connectivity index (χ4n) is 4.03. The average Bonchev–Trinajstić information content (AvgIpc) is 2.89. The molecule has 1 saturated heterocycles. The number of ether oxygens (including phenoxy) is 2. The first-order valence-electron chi connectivity index (χ1n) is 11.2. The molecule has 0 spiro atoms. The fraction of sp³-hybridized carbons (Fsp3) is 0.269. The Morgan fingerprint density at radius 2 is 1.53 bits per heavy atom. The molecule has 178 valence electrons. The van der Waals surface area contributed by atoms with E-state index >= 15 is 0 Å². The maximum absolute atomic E-state index is 12.9. The number of carbonyl (C=O) groups excluding carboxylic acids is 1. The summed E-state index contributed by atoms with van der Waals surface area (Å²) in [6.07, 6.45) is 2.87. The third-order valence-corrected chi connectivity index (χ3v) is 7.82. The Bertz CT molecular complexity index is 1270. The van der Waals surface area contributed by atoms with Crippen molar-refractivity contribution in [3.8, 4) is 22.6 Å². The number of hydrogen-bond acceptors (Lipinski definition) is 5. The highest BCUT2D eigenvalue weighted by Crippen LogP contribution is 2.30. The number of anilines is 1. The first-order chi connectivity index (χ1) is 16.4. The van der Waals surface area contributed by atoms with Crippen LogP contribution >= 0.6 is 0 Å². The molecule has 34 heavy (non-hydrogen) atoms. The minimum absolute atomic E-state index is 0.265. The van der Waals surface area contributed by atoms with Crippen LogP contribution in [0.25, 0.3) is 11.1 Å². The Morgan fingerprint density at radius 3 is 2.21 bits per heavy atom. The Hall–Kier alpha value is -3.36. The van der Waals surface area contributed by atoms with Gasteiger partial charge in [-0.1, -0.05) is 30.7 Å². The highest BCUT2D eigenvalue weighted by atomic mass is 32.2. The number of methoxy groups -OCH3 is 2. The van der Waals surface area contributed by atoms with E-state index in [1.165, 1.54) is 7.11 Å².